The Hall–Kier alpha value is -3.68. The lowest BCUT2D eigenvalue weighted by molar-refractivity contribution is -0.127. The molecule has 0 aliphatic heterocycles. The first-order valence-electron chi connectivity index (χ1n) is 10.9. The Balaban J connectivity index is 1.37. The number of hydrogen-bond donors (Lipinski definition) is 3. The molecule has 1 aromatic heterocycles. The third-order valence-electron chi connectivity index (χ3n) is 5.96. The van der Waals surface area contributed by atoms with Crippen molar-refractivity contribution in [1.82, 2.24) is 30.7 Å². The van der Waals surface area contributed by atoms with Gasteiger partial charge in [0.2, 0.25) is 5.91 Å². The SMILES string of the molecule is CC(NC(=O)C1(NC(=O)NCc2ccccc2)CCCC1)c1ccc(-n2cncn2)cc1. The molecule has 1 heterocycles. The van der Waals surface area contributed by atoms with Gasteiger partial charge in [-0.2, -0.15) is 5.10 Å². The fourth-order valence-corrected chi connectivity index (χ4v) is 4.10. The molecule has 1 unspecified atom stereocenters. The number of amides is 3. The second-order valence-electron chi connectivity index (χ2n) is 8.21. The summed E-state index contributed by atoms with van der Waals surface area (Å²) in [5.74, 6) is -0.141. The Morgan fingerprint density at radius 3 is 2.44 bits per heavy atom. The van der Waals surface area contributed by atoms with Crippen LogP contribution in [0.3, 0.4) is 0 Å². The summed E-state index contributed by atoms with van der Waals surface area (Å²) in [4.78, 5) is 29.8. The van der Waals surface area contributed by atoms with Gasteiger partial charge in [-0.25, -0.2) is 14.5 Å². The van der Waals surface area contributed by atoms with Crippen LogP contribution < -0.4 is 16.0 Å². The molecule has 1 aliphatic rings. The maximum absolute atomic E-state index is 13.2. The molecule has 0 saturated heterocycles. The number of nitrogens with one attached hydrogen (secondary N) is 3. The minimum Gasteiger partial charge on any atom is -0.348 e. The first kappa shape index (κ1) is 21.5. The van der Waals surface area contributed by atoms with Crippen LogP contribution in [0.25, 0.3) is 5.69 Å². The first-order chi connectivity index (χ1) is 15.6. The lowest BCUT2D eigenvalue weighted by Crippen LogP contribution is -2.59. The van der Waals surface area contributed by atoms with Crippen molar-refractivity contribution in [2.75, 3.05) is 0 Å². The average molecular weight is 433 g/mol. The molecule has 4 rings (SSSR count). The van der Waals surface area contributed by atoms with Crippen molar-refractivity contribution in [3.05, 3.63) is 78.4 Å². The van der Waals surface area contributed by atoms with E-state index in [0.29, 0.717) is 19.4 Å². The van der Waals surface area contributed by atoms with Crippen molar-refractivity contribution >= 4 is 11.9 Å². The van der Waals surface area contributed by atoms with Crippen LogP contribution in [0.5, 0.6) is 0 Å². The van der Waals surface area contributed by atoms with Crippen LogP contribution >= 0.6 is 0 Å². The number of benzene rings is 2. The molecule has 3 aromatic rings. The van der Waals surface area contributed by atoms with Crippen LogP contribution in [0.15, 0.2) is 67.3 Å². The number of urea groups is 1. The summed E-state index contributed by atoms with van der Waals surface area (Å²) in [5.41, 5.74) is 2.00. The van der Waals surface area contributed by atoms with E-state index in [4.69, 9.17) is 0 Å². The smallest absolute Gasteiger partial charge is 0.315 e. The minimum absolute atomic E-state index is 0.141. The summed E-state index contributed by atoms with van der Waals surface area (Å²) in [7, 11) is 0. The Bertz CT molecular complexity index is 1030. The molecule has 166 valence electrons. The van der Waals surface area contributed by atoms with Gasteiger partial charge >= 0.3 is 6.03 Å². The Kier molecular flexibility index (Phi) is 6.49. The van der Waals surface area contributed by atoms with Gasteiger partial charge in [0.05, 0.1) is 11.7 Å². The van der Waals surface area contributed by atoms with E-state index >= 15 is 0 Å². The molecule has 1 aliphatic carbocycles. The third-order valence-corrected chi connectivity index (χ3v) is 5.96. The Labute approximate surface area is 187 Å². The lowest BCUT2D eigenvalue weighted by Gasteiger charge is -2.30. The molecule has 3 N–H and O–H groups in total. The molecule has 1 atom stereocenters. The summed E-state index contributed by atoms with van der Waals surface area (Å²) in [5, 5.41) is 13.1. The van der Waals surface area contributed by atoms with Crippen molar-refractivity contribution in [2.24, 2.45) is 0 Å². The fourth-order valence-electron chi connectivity index (χ4n) is 4.10. The first-order valence-corrected chi connectivity index (χ1v) is 10.9. The van der Waals surface area contributed by atoms with Crippen LogP contribution in [0.4, 0.5) is 4.79 Å². The summed E-state index contributed by atoms with van der Waals surface area (Å²) in [6.45, 7) is 2.36. The highest BCUT2D eigenvalue weighted by Gasteiger charge is 2.42. The fraction of sp³-hybridized carbons (Fsp3) is 0.333. The molecule has 8 heteroatoms. The largest absolute Gasteiger partial charge is 0.348 e. The van der Waals surface area contributed by atoms with Crippen LogP contribution in [0, 0.1) is 0 Å². The zero-order valence-electron chi connectivity index (χ0n) is 18.1. The number of carbonyl (C=O) groups excluding carboxylic acids is 2. The van der Waals surface area contributed by atoms with E-state index in [0.717, 1.165) is 29.7 Å². The number of aromatic nitrogens is 3. The zero-order valence-corrected chi connectivity index (χ0v) is 18.1. The molecule has 1 fully saturated rings. The summed E-state index contributed by atoms with van der Waals surface area (Å²) in [6.07, 6.45) is 6.21. The predicted molar refractivity (Wildman–Crippen MR) is 121 cm³/mol. The molecule has 1 saturated carbocycles. The summed E-state index contributed by atoms with van der Waals surface area (Å²) in [6, 6.07) is 17.0. The summed E-state index contributed by atoms with van der Waals surface area (Å²) >= 11 is 0. The van der Waals surface area contributed by atoms with E-state index in [-0.39, 0.29) is 18.0 Å². The Morgan fingerprint density at radius 1 is 1.06 bits per heavy atom. The lowest BCUT2D eigenvalue weighted by atomic mass is 9.95. The van der Waals surface area contributed by atoms with Gasteiger partial charge in [-0.15, -0.1) is 0 Å². The monoisotopic (exact) mass is 432 g/mol. The van der Waals surface area contributed by atoms with Gasteiger partial charge in [0, 0.05) is 6.54 Å². The van der Waals surface area contributed by atoms with Crippen LogP contribution in [0.2, 0.25) is 0 Å². The van der Waals surface area contributed by atoms with Gasteiger partial charge in [-0.1, -0.05) is 55.3 Å². The highest BCUT2D eigenvalue weighted by Crippen LogP contribution is 2.31. The van der Waals surface area contributed by atoms with E-state index in [9.17, 15) is 9.59 Å². The molecular formula is C24H28N6O2. The predicted octanol–water partition coefficient (Wildman–Crippen LogP) is 3.26. The Morgan fingerprint density at radius 2 is 1.78 bits per heavy atom. The molecule has 2 aromatic carbocycles. The van der Waals surface area contributed by atoms with Crippen LogP contribution in [-0.2, 0) is 11.3 Å². The normalized spacial score (nSPS) is 15.7. The van der Waals surface area contributed by atoms with Gasteiger partial charge in [-0.05, 0) is 43.0 Å². The molecule has 0 bridgehead atoms. The average Bonchev–Trinajstić information content (AvgIpc) is 3.52. The molecule has 0 spiro atoms. The third kappa shape index (κ3) is 4.96. The van der Waals surface area contributed by atoms with Crippen LogP contribution in [0.1, 0.15) is 49.8 Å². The quantitative estimate of drug-likeness (QED) is 0.533. The van der Waals surface area contributed by atoms with Gasteiger partial charge in [0.25, 0.3) is 0 Å². The molecule has 8 nitrogen and oxygen atoms in total. The second kappa shape index (κ2) is 9.64. The maximum atomic E-state index is 13.2. The van der Waals surface area contributed by atoms with E-state index in [2.05, 4.69) is 26.0 Å². The minimum atomic E-state index is -0.879. The number of carbonyl (C=O) groups is 2. The van der Waals surface area contributed by atoms with Crippen LogP contribution in [-0.4, -0.2) is 32.2 Å². The molecule has 3 amide bonds. The van der Waals surface area contributed by atoms with Crippen molar-refractivity contribution in [3.63, 3.8) is 0 Å². The van der Waals surface area contributed by atoms with E-state index < -0.39 is 5.54 Å². The van der Waals surface area contributed by atoms with Gasteiger partial charge in [-0.3, -0.25) is 4.79 Å². The number of hydrogen-bond acceptors (Lipinski definition) is 4. The zero-order chi connectivity index (χ0) is 22.4. The van der Waals surface area contributed by atoms with E-state index in [1.165, 1.54) is 6.33 Å². The number of nitrogens with zero attached hydrogens (tertiary/aromatic N) is 3. The molecule has 0 radical (unpaired) electrons. The van der Waals surface area contributed by atoms with Crippen molar-refractivity contribution in [3.8, 4) is 5.69 Å². The molecule has 32 heavy (non-hydrogen) atoms. The highest BCUT2D eigenvalue weighted by molar-refractivity contribution is 5.91. The van der Waals surface area contributed by atoms with E-state index in [1.807, 2.05) is 61.5 Å². The van der Waals surface area contributed by atoms with Gasteiger partial charge < -0.3 is 16.0 Å². The van der Waals surface area contributed by atoms with Crippen molar-refractivity contribution in [2.45, 2.75) is 50.7 Å². The van der Waals surface area contributed by atoms with Gasteiger partial charge in [0.15, 0.2) is 0 Å². The topological polar surface area (TPSA) is 101 Å². The summed E-state index contributed by atoms with van der Waals surface area (Å²) < 4.78 is 1.68. The standard InChI is InChI=1S/C24H28N6O2/c1-18(20-9-11-21(12-10-20)30-17-25-16-27-30)28-22(31)24(13-5-6-14-24)29-23(32)26-15-19-7-3-2-4-8-19/h2-4,7-12,16-18H,5-6,13-15H2,1H3,(H,28,31)(H2,26,29,32). The van der Waals surface area contributed by atoms with Crippen molar-refractivity contribution in [1.29, 1.82) is 0 Å². The maximum Gasteiger partial charge on any atom is 0.315 e. The highest BCUT2D eigenvalue weighted by atomic mass is 16.2. The second-order valence-corrected chi connectivity index (χ2v) is 8.21. The van der Waals surface area contributed by atoms with Gasteiger partial charge in [0.1, 0.15) is 18.2 Å². The van der Waals surface area contributed by atoms with E-state index in [1.54, 1.807) is 11.0 Å². The molecular weight excluding hydrogens is 404 g/mol. The number of rotatable bonds is 7. The van der Waals surface area contributed by atoms with Crippen molar-refractivity contribution < 1.29 is 9.59 Å².